The van der Waals surface area contributed by atoms with Crippen LogP contribution >= 0.6 is 11.8 Å². The molecule has 0 saturated carbocycles. The third-order valence-electron chi connectivity index (χ3n) is 17.6. The third kappa shape index (κ3) is 28.5. The zero-order chi connectivity index (χ0) is 76.8. The van der Waals surface area contributed by atoms with E-state index in [1.54, 1.807) is 12.1 Å². The molecule has 5 fully saturated rings. The molecule has 0 bridgehead atoms. The van der Waals surface area contributed by atoms with Gasteiger partial charge in [-0.2, -0.15) is 11.8 Å². The lowest BCUT2D eigenvalue weighted by Gasteiger charge is -2.39. The fourth-order valence-electron chi connectivity index (χ4n) is 11.2. The first-order valence-electron chi connectivity index (χ1n) is 34.2. The van der Waals surface area contributed by atoms with Gasteiger partial charge >= 0.3 is 6.03 Å². The van der Waals surface area contributed by atoms with Gasteiger partial charge in [-0.25, -0.2) is 4.79 Å². The lowest BCUT2D eigenvalue weighted by Crippen LogP contribution is -2.59. The predicted molar refractivity (Wildman–Crippen MR) is 359 cm³/mol. The van der Waals surface area contributed by atoms with E-state index in [-0.39, 0.29) is 68.8 Å². The van der Waals surface area contributed by atoms with E-state index < -0.39 is 236 Å². The molecular weight excluding hydrogens is 1420 g/mol. The van der Waals surface area contributed by atoms with Crippen LogP contribution in [0, 0.1) is 5.41 Å². The van der Waals surface area contributed by atoms with Gasteiger partial charge in [-0.15, -0.1) is 0 Å². The Morgan fingerprint density at radius 3 is 1.24 bits per heavy atom. The van der Waals surface area contributed by atoms with Crippen LogP contribution in [-0.4, -0.2) is 333 Å². The molecule has 1 aromatic carbocycles. The molecule has 0 spiro atoms. The molecular formula is C63H100N12O29S. The number of hydrogen-bond donors (Lipinski definition) is 23. The summed E-state index contributed by atoms with van der Waals surface area (Å²) >= 11 is 1.83. The Morgan fingerprint density at radius 1 is 0.467 bits per heavy atom. The number of fused-ring (bicyclic) bond motifs is 1. The maximum absolute atomic E-state index is 13.7. The number of carbonyl (C=O) groups is 10. The molecule has 6 rings (SSSR count). The smallest absolute Gasteiger partial charge is 0.315 e. The van der Waals surface area contributed by atoms with Crippen molar-refractivity contribution in [3.63, 3.8) is 0 Å². The highest BCUT2D eigenvalue weighted by atomic mass is 32.2. The van der Waals surface area contributed by atoms with Gasteiger partial charge in [0.25, 0.3) is 5.91 Å². The fraction of sp³-hybridized carbons (Fsp3) is 0.730. The summed E-state index contributed by atoms with van der Waals surface area (Å²) < 4.78 is 31.4. The van der Waals surface area contributed by atoms with Crippen molar-refractivity contribution in [2.45, 2.75) is 187 Å². The Kier molecular flexibility index (Phi) is 36.5. The van der Waals surface area contributed by atoms with Crippen LogP contribution in [0.1, 0.15) is 75.8 Å². The number of benzene rings is 1. The summed E-state index contributed by atoms with van der Waals surface area (Å²) in [4.78, 5) is 135. The van der Waals surface area contributed by atoms with Crippen LogP contribution in [0.15, 0.2) is 29.4 Å². The van der Waals surface area contributed by atoms with Crippen molar-refractivity contribution in [1.29, 1.82) is 0 Å². The SMILES string of the molecule is C/C(CCC(=O)NCC(CNC(=O)CCNC(=O)CO[C@@H]1O[C@H](CO)[C@@H](O)[C@H](O)[C@H]1O)(CNC(=O)CCNC(=O)CO[C@@H]1O[C@H](CO)[C@@H](O)[C@H](O)[C@H]1O)CNC(=O)CCNC(=O)CO[C@@H]1O[C@H](CO)[C@@H](O)[C@H](O)[C@H]1O)=N\OCC(=O)NCc1ccc(CNC(=O)CCCC[C@@H]2SC[C@@H]3NC(=O)N[C@@H]32)cc1. The standard InChI is InChI=1S/C63H100N12O29S/c1-32(75-101-26-48(87)68-19-34-9-7-33(8-10-34)18-67-40(79)5-3-2-4-39-49-35(27-105-39)73-62(97)74-49)6-11-41(80)69-28-63(29-70-42(81)12-15-64-45(84)23-98-59-56(94)53(91)50(88)36(20-76)102-59,30-71-43(82)13-16-65-46(85)24-99-60-57(95)54(92)51(89)37(21-77)103-60)31-72-44(83)14-17-66-47(86)25-100-61-58(96)55(93)52(90)38(22-78)104-61/h7-10,35-39,49-61,76-78,88-96H,2-6,11-31H2,1H3,(H,64,84)(H,65,85)(H,66,86)(H,67,79)(H,68,87)(H,69,80)(H,70,81)(H,71,82)(H,72,83)(H2,73,74,97)/b75-32+/t35-,36+,37+,38+,39-,49-,50+,51+,52+,53-,54-,55-,56+,57+,58+,59+,60+,61+/m0/s1. The molecule has 42 heteroatoms. The summed E-state index contributed by atoms with van der Waals surface area (Å²) in [6.45, 7) is -5.85. The average Bonchev–Trinajstić information content (AvgIpc) is 1.52. The topological polar surface area (TPSA) is 623 Å². The van der Waals surface area contributed by atoms with Crippen LogP contribution in [0.2, 0.25) is 0 Å². The molecule has 41 nitrogen and oxygen atoms in total. The zero-order valence-corrected chi connectivity index (χ0v) is 58.6. The Labute approximate surface area is 606 Å². The molecule has 592 valence electrons. The number of thioether (sulfide) groups is 1. The van der Waals surface area contributed by atoms with Crippen molar-refractivity contribution in [2.75, 3.05) is 97.8 Å². The number of amides is 11. The molecule has 0 aromatic heterocycles. The normalized spacial score (nSPS) is 28.0. The summed E-state index contributed by atoms with van der Waals surface area (Å²) in [5.74, 6) is -5.03. The van der Waals surface area contributed by atoms with Gasteiger partial charge in [0, 0.05) is 107 Å². The molecule has 18 atom stereocenters. The maximum atomic E-state index is 13.7. The third-order valence-corrected chi connectivity index (χ3v) is 19.1. The van der Waals surface area contributed by atoms with Crippen LogP contribution in [0.25, 0.3) is 0 Å². The average molecular weight is 1520 g/mol. The second-order valence-electron chi connectivity index (χ2n) is 25.8. The highest BCUT2D eigenvalue weighted by Gasteiger charge is 2.47. The van der Waals surface area contributed by atoms with E-state index in [0.717, 1.165) is 36.1 Å². The van der Waals surface area contributed by atoms with Crippen LogP contribution in [0.3, 0.4) is 0 Å². The minimum atomic E-state index is -1.81. The predicted octanol–water partition coefficient (Wildman–Crippen LogP) is -10.8. The van der Waals surface area contributed by atoms with Gasteiger partial charge in [-0.3, -0.25) is 43.2 Å². The minimum absolute atomic E-state index is 0.0181. The molecule has 5 aliphatic heterocycles. The Balaban J connectivity index is 1.02. The van der Waals surface area contributed by atoms with Crippen LogP contribution in [0.4, 0.5) is 4.79 Å². The summed E-state index contributed by atoms with van der Waals surface area (Å²) in [6.07, 6.45) is -23.4. The Hall–Kier alpha value is -7.18. The number of aliphatic hydroxyl groups is 12. The number of ether oxygens (including phenoxy) is 6. The van der Waals surface area contributed by atoms with Crippen molar-refractivity contribution in [2.24, 2.45) is 10.6 Å². The van der Waals surface area contributed by atoms with E-state index in [4.69, 9.17) is 33.3 Å². The first kappa shape index (κ1) is 86.7. The highest BCUT2D eigenvalue weighted by molar-refractivity contribution is 8.00. The Morgan fingerprint density at radius 2 is 0.838 bits per heavy atom. The van der Waals surface area contributed by atoms with Crippen LogP contribution in [-0.2, 0) is 89.5 Å². The second-order valence-corrected chi connectivity index (χ2v) is 27.0. The highest BCUT2D eigenvalue weighted by Crippen LogP contribution is 2.33. The number of carbonyl (C=O) groups excluding carboxylic acids is 10. The molecule has 0 unspecified atom stereocenters. The monoisotopic (exact) mass is 1520 g/mol. The van der Waals surface area contributed by atoms with E-state index in [1.165, 1.54) is 6.92 Å². The van der Waals surface area contributed by atoms with Gasteiger partial charge in [0.05, 0.1) is 37.6 Å². The number of oxime groups is 1. The van der Waals surface area contributed by atoms with Crippen molar-refractivity contribution in [3.8, 4) is 0 Å². The van der Waals surface area contributed by atoms with Crippen molar-refractivity contribution < 1.29 is 142 Å². The van der Waals surface area contributed by atoms with Crippen molar-refractivity contribution in [3.05, 3.63) is 35.4 Å². The van der Waals surface area contributed by atoms with Gasteiger partial charge in [0.15, 0.2) is 25.5 Å². The minimum Gasteiger partial charge on any atom is -0.394 e. The molecule has 5 heterocycles. The van der Waals surface area contributed by atoms with Crippen molar-refractivity contribution >= 4 is 76.7 Å². The van der Waals surface area contributed by atoms with Gasteiger partial charge in [0.1, 0.15) is 93.1 Å². The van der Waals surface area contributed by atoms with Crippen LogP contribution in [0.5, 0.6) is 0 Å². The van der Waals surface area contributed by atoms with Gasteiger partial charge in [-0.1, -0.05) is 35.8 Å². The maximum Gasteiger partial charge on any atom is 0.315 e. The molecule has 23 N–H and O–H groups in total. The first-order chi connectivity index (χ1) is 50.1. The number of urea groups is 1. The summed E-state index contributed by atoms with van der Waals surface area (Å²) in [7, 11) is 0. The summed E-state index contributed by atoms with van der Waals surface area (Å²) in [5, 5.41) is 153. The van der Waals surface area contributed by atoms with E-state index >= 15 is 0 Å². The lowest BCUT2D eigenvalue weighted by atomic mass is 9.86. The van der Waals surface area contributed by atoms with E-state index in [9.17, 15) is 109 Å². The Bertz CT molecular complexity index is 2840. The summed E-state index contributed by atoms with van der Waals surface area (Å²) in [6, 6.07) is 7.39. The van der Waals surface area contributed by atoms with Crippen LogP contribution < -0.4 is 58.5 Å². The number of rotatable bonds is 44. The molecule has 5 saturated heterocycles. The summed E-state index contributed by atoms with van der Waals surface area (Å²) in [5.41, 5.74) is 0.340. The number of nitrogens with zero attached hydrogens (tertiary/aromatic N) is 1. The zero-order valence-electron chi connectivity index (χ0n) is 57.7. The molecule has 105 heavy (non-hydrogen) atoms. The number of hydrogen-bond acceptors (Lipinski definition) is 31. The van der Waals surface area contributed by atoms with Gasteiger partial charge in [-0.05, 0) is 37.3 Å². The molecule has 5 aliphatic rings. The molecule has 11 amide bonds. The van der Waals surface area contributed by atoms with E-state index in [0.29, 0.717) is 18.2 Å². The second kappa shape index (κ2) is 44.2. The van der Waals surface area contributed by atoms with E-state index in [1.807, 2.05) is 23.9 Å². The molecule has 0 aliphatic carbocycles. The van der Waals surface area contributed by atoms with E-state index in [2.05, 4.69) is 63.6 Å². The molecule has 1 aromatic rings. The number of unbranched alkanes of at least 4 members (excludes halogenated alkanes) is 1. The van der Waals surface area contributed by atoms with Gasteiger partial charge in [0.2, 0.25) is 47.3 Å². The largest absolute Gasteiger partial charge is 0.394 e. The quantitative estimate of drug-likeness (QED) is 0.0125. The van der Waals surface area contributed by atoms with Gasteiger partial charge < -0.3 is 153 Å². The first-order valence-corrected chi connectivity index (χ1v) is 35.3. The number of nitrogens with one attached hydrogen (secondary N) is 11. The number of aliphatic hydroxyl groups excluding tert-OH is 12. The lowest BCUT2D eigenvalue weighted by molar-refractivity contribution is -0.299. The van der Waals surface area contributed by atoms with Crippen molar-refractivity contribution in [1.82, 2.24) is 58.5 Å². The molecule has 0 radical (unpaired) electrons. The fourth-order valence-corrected chi connectivity index (χ4v) is 12.7.